The van der Waals surface area contributed by atoms with Crippen molar-refractivity contribution in [3.05, 3.63) is 95.0 Å². The lowest BCUT2D eigenvalue weighted by Crippen LogP contribution is -2.22. The zero-order chi connectivity index (χ0) is 46.1. The van der Waals surface area contributed by atoms with E-state index in [-0.39, 0.29) is 54.1 Å². The van der Waals surface area contributed by atoms with Gasteiger partial charge in [-0.3, -0.25) is 14.5 Å². The molecule has 0 spiro atoms. The quantitative estimate of drug-likeness (QED) is 0.0586. The van der Waals surface area contributed by atoms with Crippen molar-refractivity contribution in [1.29, 1.82) is 0 Å². The Balaban J connectivity index is 1.26. The normalized spacial score (nSPS) is 12.8. The van der Waals surface area contributed by atoms with Gasteiger partial charge in [0.1, 0.15) is 0 Å². The van der Waals surface area contributed by atoms with Crippen LogP contribution in [-0.2, 0) is 49.9 Å². The summed E-state index contributed by atoms with van der Waals surface area (Å²) in [7, 11) is -7.42. The van der Waals surface area contributed by atoms with Crippen molar-refractivity contribution in [3.8, 4) is 22.8 Å². The number of H-pyrrole nitrogens is 1. The Bertz CT molecular complexity index is 2990. The molecule has 3 N–H and O–H groups in total. The molecule has 0 fully saturated rings. The maximum Gasteiger partial charge on any atom is 0.333 e. The van der Waals surface area contributed by atoms with Gasteiger partial charge in [0.25, 0.3) is 0 Å². The summed E-state index contributed by atoms with van der Waals surface area (Å²) in [6.45, 7) is 22.4. The van der Waals surface area contributed by atoms with Crippen molar-refractivity contribution < 1.29 is 35.9 Å². The molecule has 0 unspecified atom stereocenters. The number of nitrogens with one attached hydrogen (secondary N) is 3. The summed E-state index contributed by atoms with van der Waals surface area (Å²) in [4.78, 5) is 33.0. The van der Waals surface area contributed by atoms with Crippen LogP contribution in [0, 0.1) is 0 Å². The van der Waals surface area contributed by atoms with Crippen LogP contribution in [0.3, 0.4) is 0 Å². The van der Waals surface area contributed by atoms with Gasteiger partial charge in [0, 0.05) is 55.3 Å². The Morgan fingerprint density at radius 3 is 1.60 bits per heavy atom. The Morgan fingerprint density at radius 1 is 0.698 bits per heavy atom. The van der Waals surface area contributed by atoms with E-state index in [0.717, 1.165) is 22.2 Å². The second-order valence-corrected chi connectivity index (χ2v) is 20.9. The van der Waals surface area contributed by atoms with Gasteiger partial charge in [-0.25, -0.2) is 36.4 Å². The molecule has 4 aromatic heterocycles. The average molecular weight is 901 g/mol. The number of nitrogens with zero attached hydrogens (tertiary/aromatic N) is 7. The Labute approximate surface area is 366 Å². The fourth-order valence-corrected chi connectivity index (χ4v) is 8.52. The molecule has 0 amide bonds. The molecule has 2 aromatic carbocycles. The second kappa shape index (κ2) is 17.8. The summed E-state index contributed by atoms with van der Waals surface area (Å²) >= 11 is 0. The highest BCUT2D eigenvalue weighted by atomic mass is 32.2. The van der Waals surface area contributed by atoms with Crippen molar-refractivity contribution >= 4 is 60.7 Å². The third kappa shape index (κ3) is 11.2. The van der Waals surface area contributed by atoms with E-state index < -0.39 is 37.4 Å². The zero-order valence-corrected chi connectivity index (χ0v) is 38.2. The maximum absolute atomic E-state index is 12.7. The lowest BCUT2D eigenvalue weighted by atomic mass is 9.88. The summed E-state index contributed by atoms with van der Waals surface area (Å²) in [5.41, 5.74) is 5.17. The smallest absolute Gasteiger partial charge is 0.333 e. The SMILES string of the molecule is C=C(C)C(=O)OCCCS(=O)(=O)Nc1ccc(-c2nc3/c(=C\c4c(C(C)(C)C)[nH]n5nc(-c6ccc(NS(=O)(=O)CCCOC(=O)C(=C)C)cc6)nc45)c(C(C)(C)C)nn3n2)cc1. The van der Waals surface area contributed by atoms with E-state index in [0.29, 0.717) is 45.4 Å². The number of benzene rings is 2. The molecular weight excluding hydrogens is 849 g/mol. The van der Waals surface area contributed by atoms with Crippen LogP contribution < -0.4 is 14.7 Å². The van der Waals surface area contributed by atoms with Crippen LogP contribution in [0.15, 0.2) is 72.8 Å². The van der Waals surface area contributed by atoms with Crippen LogP contribution in [0.2, 0.25) is 0 Å². The highest BCUT2D eigenvalue weighted by Crippen LogP contribution is 2.30. The minimum atomic E-state index is -3.71. The molecule has 0 radical (unpaired) electrons. The maximum atomic E-state index is 12.7. The minimum Gasteiger partial charge on any atom is -0.462 e. The first-order valence-electron chi connectivity index (χ1n) is 20.1. The number of anilines is 2. The van der Waals surface area contributed by atoms with Crippen LogP contribution in [-0.4, -0.2) is 93.1 Å². The number of sulfonamides is 2. The number of aromatic amines is 1. The van der Waals surface area contributed by atoms with Crippen LogP contribution in [0.25, 0.3) is 40.1 Å². The van der Waals surface area contributed by atoms with Gasteiger partial charge in [0.15, 0.2) is 22.9 Å². The number of carbonyl (C=O) groups is 2. The number of hydrogen-bond acceptors (Lipinski definition) is 13. The molecule has 20 heteroatoms. The van der Waals surface area contributed by atoms with Gasteiger partial charge in [0.2, 0.25) is 20.0 Å². The Morgan fingerprint density at radius 2 is 1.16 bits per heavy atom. The highest BCUT2D eigenvalue weighted by Gasteiger charge is 2.28. The van der Waals surface area contributed by atoms with Crippen LogP contribution in [0.5, 0.6) is 0 Å². The molecule has 4 heterocycles. The lowest BCUT2D eigenvalue weighted by Gasteiger charge is -2.18. The van der Waals surface area contributed by atoms with Crippen LogP contribution in [0.1, 0.15) is 85.2 Å². The highest BCUT2D eigenvalue weighted by molar-refractivity contribution is 7.92. The van der Waals surface area contributed by atoms with E-state index in [9.17, 15) is 26.4 Å². The molecule has 63 heavy (non-hydrogen) atoms. The first-order chi connectivity index (χ1) is 29.4. The molecule has 0 aliphatic heterocycles. The summed E-state index contributed by atoms with van der Waals surface area (Å²) in [6.07, 6.45) is 2.25. The summed E-state index contributed by atoms with van der Waals surface area (Å²) in [5.74, 6) is -0.814. The number of esters is 2. The van der Waals surface area contributed by atoms with Crippen molar-refractivity contribution in [2.75, 3.05) is 34.2 Å². The van der Waals surface area contributed by atoms with E-state index in [1.807, 2.05) is 6.08 Å². The number of ether oxygens (including phenoxy) is 2. The van der Waals surface area contributed by atoms with Gasteiger partial charge in [0.05, 0.1) is 36.1 Å². The first-order valence-corrected chi connectivity index (χ1v) is 23.4. The average Bonchev–Trinajstić information content (AvgIpc) is 3.96. The van der Waals surface area contributed by atoms with Crippen molar-refractivity contribution in [2.24, 2.45) is 0 Å². The van der Waals surface area contributed by atoms with Crippen LogP contribution >= 0.6 is 0 Å². The largest absolute Gasteiger partial charge is 0.462 e. The van der Waals surface area contributed by atoms with Gasteiger partial charge in [-0.1, -0.05) is 54.7 Å². The van der Waals surface area contributed by atoms with E-state index in [1.165, 1.54) is 18.5 Å². The predicted molar refractivity (Wildman–Crippen MR) is 241 cm³/mol. The van der Waals surface area contributed by atoms with Gasteiger partial charge in [-0.05, 0) is 81.3 Å². The third-order valence-corrected chi connectivity index (χ3v) is 12.2. The van der Waals surface area contributed by atoms with Crippen molar-refractivity contribution in [2.45, 2.75) is 79.1 Å². The lowest BCUT2D eigenvalue weighted by molar-refractivity contribution is -0.139. The molecule has 0 aliphatic rings. The first kappa shape index (κ1) is 46.1. The Hall–Kier alpha value is -6.41. The number of rotatable bonds is 17. The number of aromatic nitrogens is 8. The van der Waals surface area contributed by atoms with E-state index >= 15 is 0 Å². The van der Waals surface area contributed by atoms with Crippen molar-refractivity contribution in [1.82, 2.24) is 39.6 Å². The van der Waals surface area contributed by atoms with Gasteiger partial charge < -0.3 is 9.47 Å². The fourth-order valence-electron chi connectivity index (χ4n) is 6.33. The molecule has 0 bridgehead atoms. The number of hydrogen-bond donors (Lipinski definition) is 3. The molecule has 334 valence electrons. The minimum absolute atomic E-state index is 0.0433. The monoisotopic (exact) mass is 900 g/mol. The standard InChI is InChI=1S/C43H52N10O8S2/c1-26(2)40(54)60-21-11-23-62(56,57)50-30-17-13-28(14-18-30)36-44-38-32(34(42(5,6)7)46-52(38)48-36)25-33-35(43(8,9)10)47-53-39(33)45-37(49-53)29-15-19-31(20-16-29)51-63(58,59)24-12-22-61-41(55)27(3)4/h13-20,25,46,50-51H,1,3,11-12,21-24H2,2,4-10H3/b33-25-. The molecule has 0 aliphatic carbocycles. The molecular formula is C43H52N10O8S2. The summed E-state index contributed by atoms with van der Waals surface area (Å²) in [6, 6.07) is 13.4. The van der Waals surface area contributed by atoms with Crippen LogP contribution in [0.4, 0.5) is 11.4 Å². The summed E-state index contributed by atoms with van der Waals surface area (Å²) < 4.78 is 69.0. The number of carbonyl (C=O) groups excluding carboxylic acids is 2. The van der Waals surface area contributed by atoms with Crippen molar-refractivity contribution in [3.63, 3.8) is 0 Å². The molecule has 6 rings (SSSR count). The third-order valence-electron chi connectivity index (χ3n) is 9.48. The Kier molecular flexibility index (Phi) is 13.0. The molecule has 0 saturated heterocycles. The van der Waals surface area contributed by atoms with E-state index in [1.54, 1.807) is 53.2 Å². The van der Waals surface area contributed by atoms with E-state index in [2.05, 4.69) is 69.2 Å². The molecule has 0 atom stereocenters. The topological polar surface area (TPSA) is 234 Å². The van der Waals surface area contributed by atoms with E-state index in [4.69, 9.17) is 34.7 Å². The predicted octanol–water partition coefficient (Wildman–Crippen LogP) is 5.47. The summed E-state index contributed by atoms with van der Waals surface area (Å²) in [5, 5.41) is 18.5. The second-order valence-electron chi connectivity index (χ2n) is 17.3. The molecule has 0 saturated carbocycles. The molecule has 18 nitrogen and oxygen atoms in total. The van der Waals surface area contributed by atoms with Gasteiger partial charge >= 0.3 is 11.9 Å². The molecule has 6 aromatic rings. The number of fused-ring (bicyclic) bond motifs is 2. The van der Waals surface area contributed by atoms with Gasteiger partial charge in [-0.15, -0.1) is 14.8 Å². The van der Waals surface area contributed by atoms with Gasteiger partial charge in [-0.2, -0.15) is 9.73 Å². The fraction of sp³-hybridized carbons (Fsp3) is 0.372. The zero-order valence-electron chi connectivity index (χ0n) is 36.6.